The molecule has 1 saturated carbocycles. The van der Waals surface area contributed by atoms with Crippen molar-refractivity contribution < 1.29 is 18.3 Å². The summed E-state index contributed by atoms with van der Waals surface area (Å²) >= 11 is 0. The number of hydrogen-bond acceptors (Lipinski definition) is 2. The van der Waals surface area contributed by atoms with Gasteiger partial charge in [0.25, 0.3) is 0 Å². The number of guanidine groups is 1. The third-order valence-electron chi connectivity index (χ3n) is 4.20. The van der Waals surface area contributed by atoms with E-state index >= 15 is 0 Å². The van der Waals surface area contributed by atoms with Crippen molar-refractivity contribution in [2.24, 2.45) is 10.4 Å². The normalized spacial score (nSPS) is 16.1. The number of alkyl halides is 3. The Bertz CT molecular complexity index is 557. The number of halogens is 4. The second-order valence-corrected chi connectivity index (χ2v) is 6.22. The van der Waals surface area contributed by atoms with E-state index in [0.717, 1.165) is 37.1 Å². The Morgan fingerprint density at radius 2 is 1.84 bits per heavy atom. The summed E-state index contributed by atoms with van der Waals surface area (Å²) in [5.74, 6) is 0.670. The maximum Gasteiger partial charge on any atom is 0.416 e. The molecule has 1 aliphatic rings. The first-order valence-corrected chi connectivity index (χ1v) is 8.18. The highest BCUT2D eigenvalue weighted by Crippen LogP contribution is 2.45. The number of aliphatic hydroxyl groups is 1. The Morgan fingerprint density at radius 3 is 2.32 bits per heavy atom. The van der Waals surface area contributed by atoms with Crippen LogP contribution >= 0.6 is 24.0 Å². The van der Waals surface area contributed by atoms with Gasteiger partial charge in [0.2, 0.25) is 0 Å². The molecule has 2 rings (SSSR count). The summed E-state index contributed by atoms with van der Waals surface area (Å²) in [6.07, 6.45) is -1.70. The van der Waals surface area contributed by atoms with Crippen molar-refractivity contribution in [1.82, 2.24) is 10.6 Å². The number of aliphatic imine (C=N–C) groups is 1. The maximum absolute atomic E-state index is 12.5. The lowest BCUT2D eigenvalue weighted by atomic mass is 10.1. The van der Waals surface area contributed by atoms with Gasteiger partial charge < -0.3 is 15.7 Å². The van der Waals surface area contributed by atoms with Crippen LogP contribution in [0.1, 0.15) is 30.9 Å². The molecule has 0 saturated heterocycles. The van der Waals surface area contributed by atoms with Crippen molar-refractivity contribution in [2.45, 2.75) is 32.4 Å². The average molecular weight is 471 g/mol. The van der Waals surface area contributed by atoms with Crippen LogP contribution in [0.4, 0.5) is 13.2 Å². The van der Waals surface area contributed by atoms with Crippen molar-refractivity contribution in [1.29, 1.82) is 0 Å². The van der Waals surface area contributed by atoms with Gasteiger partial charge in [0.15, 0.2) is 5.96 Å². The number of aliphatic hydroxyl groups excluding tert-OH is 1. The summed E-state index contributed by atoms with van der Waals surface area (Å²) in [6.45, 7) is 3.99. The smallest absolute Gasteiger partial charge is 0.396 e. The Labute approximate surface area is 163 Å². The van der Waals surface area contributed by atoms with E-state index in [-0.39, 0.29) is 36.0 Å². The van der Waals surface area contributed by atoms with Crippen LogP contribution in [-0.2, 0) is 12.6 Å². The van der Waals surface area contributed by atoms with Gasteiger partial charge in [-0.05, 0) is 43.9 Å². The fraction of sp³-hybridized carbons (Fsp3) is 0.588. The van der Waals surface area contributed by atoms with E-state index in [4.69, 9.17) is 0 Å². The van der Waals surface area contributed by atoms with Crippen LogP contribution in [0.5, 0.6) is 0 Å². The monoisotopic (exact) mass is 471 g/mol. The molecule has 0 bridgehead atoms. The zero-order chi connectivity index (χ0) is 17.6. The standard InChI is InChI=1S/C17H24F3N3O.HI/c1-2-21-15(23-11-16(12-24)8-9-16)22-10-7-13-3-5-14(6-4-13)17(18,19)20;/h3-6,24H,2,7-12H2,1H3,(H2,21,22,23);1H. The third kappa shape index (κ3) is 7.01. The number of nitrogens with zero attached hydrogens (tertiary/aromatic N) is 1. The molecular formula is C17H25F3IN3O. The van der Waals surface area contributed by atoms with Crippen molar-refractivity contribution in [3.63, 3.8) is 0 Å². The maximum atomic E-state index is 12.5. The summed E-state index contributed by atoms with van der Waals surface area (Å²) in [5.41, 5.74) is 0.156. The van der Waals surface area contributed by atoms with E-state index in [2.05, 4.69) is 15.6 Å². The SMILES string of the molecule is CCNC(=NCC1(CO)CC1)NCCc1ccc(C(F)(F)F)cc1.I. The van der Waals surface area contributed by atoms with E-state index < -0.39 is 11.7 Å². The molecule has 1 fully saturated rings. The second kappa shape index (κ2) is 9.61. The highest BCUT2D eigenvalue weighted by molar-refractivity contribution is 14.0. The van der Waals surface area contributed by atoms with Crippen LogP contribution in [0.3, 0.4) is 0 Å². The molecule has 4 nitrogen and oxygen atoms in total. The van der Waals surface area contributed by atoms with Crippen molar-refractivity contribution in [3.8, 4) is 0 Å². The molecule has 1 aromatic rings. The summed E-state index contributed by atoms with van der Waals surface area (Å²) in [5, 5.41) is 15.6. The van der Waals surface area contributed by atoms with Crippen molar-refractivity contribution in [2.75, 3.05) is 26.2 Å². The van der Waals surface area contributed by atoms with Gasteiger partial charge in [0, 0.05) is 18.5 Å². The molecule has 0 radical (unpaired) electrons. The highest BCUT2D eigenvalue weighted by Gasteiger charge is 2.41. The first-order chi connectivity index (χ1) is 11.4. The minimum atomic E-state index is -4.30. The molecule has 3 N–H and O–H groups in total. The lowest BCUT2D eigenvalue weighted by Crippen LogP contribution is -2.38. The quantitative estimate of drug-likeness (QED) is 0.326. The van der Waals surface area contributed by atoms with Gasteiger partial charge in [0.1, 0.15) is 0 Å². The molecule has 25 heavy (non-hydrogen) atoms. The highest BCUT2D eigenvalue weighted by atomic mass is 127. The third-order valence-corrected chi connectivity index (χ3v) is 4.20. The molecule has 0 amide bonds. The van der Waals surface area contributed by atoms with Crippen LogP contribution in [0.2, 0.25) is 0 Å². The number of nitrogens with one attached hydrogen (secondary N) is 2. The van der Waals surface area contributed by atoms with E-state index in [1.165, 1.54) is 12.1 Å². The molecule has 0 aliphatic heterocycles. The van der Waals surface area contributed by atoms with Gasteiger partial charge in [-0.15, -0.1) is 24.0 Å². The van der Waals surface area contributed by atoms with Crippen LogP contribution in [-0.4, -0.2) is 37.3 Å². The average Bonchev–Trinajstić information content (AvgIpc) is 3.33. The Balaban J connectivity index is 0.00000312. The van der Waals surface area contributed by atoms with Crippen LogP contribution in [0.15, 0.2) is 29.3 Å². The summed E-state index contributed by atoms with van der Waals surface area (Å²) in [4.78, 5) is 4.48. The minimum Gasteiger partial charge on any atom is -0.396 e. The first-order valence-electron chi connectivity index (χ1n) is 8.18. The molecule has 0 unspecified atom stereocenters. The van der Waals surface area contributed by atoms with Crippen LogP contribution < -0.4 is 10.6 Å². The molecule has 8 heteroatoms. The number of benzene rings is 1. The Kier molecular flexibility index (Phi) is 8.46. The predicted octanol–water partition coefficient (Wildman–Crippen LogP) is 3.19. The number of hydrogen-bond donors (Lipinski definition) is 3. The number of rotatable bonds is 7. The molecule has 0 heterocycles. The van der Waals surface area contributed by atoms with E-state index in [9.17, 15) is 18.3 Å². The summed E-state index contributed by atoms with van der Waals surface area (Å²) in [7, 11) is 0. The summed E-state index contributed by atoms with van der Waals surface area (Å²) < 4.78 is 37.6. The lowest BCUT2D eigenvalue weighted by molar-refractivity contribution is -0.137. The minimum absolute atomic E-state index is 0. The fourth-order valence-electron chi connectivity index (χ4n) is 2.32. The summed E-state index contributed by atoms with van der Waals surface area (Å²) in [6, 6.07) is 5.21. The van der Waals surface area contributed by atoms with Crippen LogP contribution in [0, 0.1) is 5.41 Å². The van der Waals surface area contributed by atoms with E-state index in [1.807, 2.05) is 6.92 Å². The van der Waals surface area contributed by atoms with Crippen molar-refractivity contribution in [3.05, 3.63) is 35.4 Å². The van der Waals surface area contributed by atoms with Crippen LogP contribution in [0.25, 0.3) is 0 Å². The molecule has 1 aromatic carbocycles. The van der Waals surface area contributed by atoms with E-state index in [1.54, 1.807) is 0 Å². The second-order valence-electron chi connectivity index (χ2n) is 6.22. The van der Waals surface area contributed by atoms with Crippen molar-refractivity contribution >= 4 is 29.9 Å². The van der Waals surface area contributed by atoms with Gasteiger partial charge >= 0.3 is 6.18 Å². The predicted molar refractivity (Wildman–Crippen MR) is 103 cm³/mol. The largest absolute Gasteiger partial charge is 0.416 e. The molecule has 0 aromatic heterocycles. The zero-order valence-corrected chi connectivity index (χ0v) is 16.5. The Morgan fingerprint density at radius 1 is 1.20 bits per heavy atom. The molecule has 0 spiro atoms. The van der Waals surface area contributed by atoms with E-state index in [0.29, 0.717) is 25.5 Å². The zero-order valence-electron chi connectivity index (χ0n) is 14.2. The topological polar surface area (TPSA) is 56.7 Å². The molecule has 0 atom stereocenters. The molecule has 1 aliphatic carbocycles. The molecule has 142 valence electrons. The van der Waals surface area contributed by atoms with Gasteiger partial charge in [0.05, 0.1) is 18.7 Å². The van der Waals surface area contributed by atoms with Gasteiger partial charge in [-0.1, -0.05) is 12.1 Å². The van der Waals surface area contributed by atoms with Gasteiger partial charge in [-0.2, -0.15) is 13.2 Å². The van der Waals surface area contributed by atoms with Gasteiger partial charge in [-0.25, -0.2) is 0 Å². The first kappa shape index (κ1) is 22.0. The fourth-order valence-corrected chi connectivity index (χ4v) is 2.32. The lowest BCUT2D eigenvalue weighted by Gasteiger charge is -2.14. The Hall–Kier alpha value is -1.03. The molecular weight excluding hydrogens is 446 g/mol. The van der Waals surface area contributed by atoms with Gasteiger partial charge in [-0.3, -0.25) is 4.99 Å².